The number of furan rings is 1. The largest absolute Gasteiger partial charge is 0.472 e. The molecular formula is C27H36O7. The van der Waals surface area contributed by atoms with E-state index < -0.39 is 29.1 Å². The van der Waals surface area contributed by atoms with Crippen LogP contribution in [0.2, 0.25) is 0 Å². The number of hydrogen-bond donors (Lipinski definition) is 2. The zero-order valence-electron chi connectivity index (χ0n) is 20.7. The van der Waals surface area contributed by atoms with E-state index in [4.69, 9.17) is 13.9 Å². The number of aliphatic hydroxyl groups excluding tert-OH is 2. The lowest BCUT2D eigenvalue weighted by Crippen LogP contribution is -2.66. The Labute approximate surface area is 200 Å². The molecule has 1 saturated heterocycles. The fourth-order valence-electron chi connectivity index (χ4n) is 8.12. The van der Waals surface area contributed by atoms with Gasteiger partial charge in [0.2, 0.25) is 0 Å². The second-order valence-electron chi connectivity index (χ2n) is 11.8. The van der Waals surface area contributed by atoms with Crippen molar-refractivity contribution in [1.82, 2.24) is 0 Å². The van der Waals surface area contributed by atoms with E-state index in [0.29, 0.717) is 12.8 Å². The summed E-state index contributed by atoms with van der Waals surface area (Å²) in [6, 6.07) is 1.88. The number of carbonyl (C=O) groups is 2. The van der Waals surface area contributed by atoms with Gasteiger partial charge in [0.25, 0.3) is 0 Å². The molecule has 8 atom stereocenters. The van der Waals surface area contributed by atoms with E-state index in [9.17, 15) is 19.8 Å². The maximum Gasteiger partial charge on any atom is 0.305 e. The van der Waals surface area contributed by atoms with Crippen LogP contribution in [0, 0.1) is 34.0 Å². The number of hydrogen-bond acceptors (Lipinski definition) is 7. The van der Waals surface area contributed by atoms with Crippen LogP contribution in [-0.4, -0.2) is 41.5 Å². The number of aliphatic hydroxyl groups is 2. The Hall–Kier alpha value is -1.96. The van der Waals surface area contributed by atoms with Crippen molar-refractivity contribution in [2.75, 3.05) is 7.11 Å². The van der Waals surface area contributed by atoms with Gasteiger partial charge >= 0.3 is 5.97 Å². The molecule has 1 aromatic heterocycles. The van der Waals surface area contributed by atoms with Gasteiger partial charge in [-0.1, -0.05) is 38.8 Å². The third kappa shape index (κ3) is 3.06. The third-order valence-electron chi connectivity index (χ3n) is 9.94. The maximum absolute atomic E-state index is 13.9. The number of allylic oxidation sites excluding steroid dienone is 1. The van der Waals surface area contributed by atoms with Crippen molar-refractivity contribution < 1.29 is 33.7 Å². The summed E-state index contributed by atoms with van der Waals surface area (Å²) in [4.78, 5) is 26.4. The molecule has 3 fully saturated rings. The summed E-state index contributed by atoms with van der Waals surface area (Å²) in [7, 11) is 1.36. The lowest BCUT2D eigenvalue weighted by molar-refractivity contribution is -0.201. The minimum Gasteiger partial charge on any atom is -0.472 e. The molecule has 2 N–H and O–H groups in total. The van der Waals surface area contributed by atoms with Crippen molar-refractivity contribution in [3.05, 3.63) is 35.3 Å². The predicted molar refractivity (Wildman–Crippen MR) is 122 cm³/mol. The third-order valence-corrected chi connectivity index (χ3v) is 9.94. The summed E-state index contributed by atoms with van der Waals surface area (Å²) in [5.74, 6) is -1.23. The number of Topliss-reactive ketones (excluding diaryl/α,β-unsaturated/α-hetero) is 1. The van der Waals surface area contributed by atoms with Crippen LogP contribution in [0.25, 0.3) is 0 Å². The highest BCUT2D eigenvalue weighted by Crippen LogP contribution is 2.67. The Morgan fingerprint density at radius 2 is 1.94 bits per heavy atom. The molecule has 0 aromatic carbocycles. The zero-order valence-corrected chi connectivity index (χ0v) is 20.7. The highest BCUT2D eigenvalue weighted by Gasteiger charge is 2.67. The van der Waals surface area contributed by atoms with E-state index in [1.807, 2.05) is 26.8 Å². The molecule has 186 valence electrons. The van der Waals surface area contributed by atoms with E-state index in [-0.39, 0.29) is 41.5 Å². The first-order valence-electron chi connectivity index (χ1n) is 12.3. The second-order valence-corrected chi connectivity index (χ2v) is 11.8. The summed E-state index contributed by atoms with van der Waals surface area (Å²) < 4.78 is 16.4. The van der Waals surface area contributed by atoms with Crippen LogP contribution in [0.4, 0.5) is 0 Å². The van der Waals surface area contributed by atoms with E-state index in [2.05, 4.69) is 6.92 Å². The van der Waals surface area contributed by atoms with Crippen molar-refractivity contribution in [3.8, 4) is 0 Å². The topological polar surface area (TPSA) is 106 Å². The van der Waals surface area contributed by atoms with Gasteiger partial charge in [-0.3, -0.25) is 9.59 Å². The standard InChI is InChI=1S/C27H36O7/c1-25(2)19(12-20(28)32-5)27(4)17-6-8-26(3)18(15(17)10-16(22(25)30)23(27)31)11-21(29)34-24(26)14-7-9-33-13-14/h7,9,13,16-17,19,21-22,24,29-30H,6,8,10-12H2,1-5H3/t16-,17+,19+,21+,22+,24+,26-,27-/m1/s1. The van der Waals surface area contributed by atoms with Gasteiger partial charge in [0.15, 0.2) is 6.29 Å². The minimum atomic E-state index is -0.952. The number of methoxy groups -OCH3 is 1. The molecule has 0 amide bonds. The molecular weight excluding hydrogens is 436 g/mol. The SMILES string of the molecule is COC(=O)C[C@H]1C(C)(C)[C@@H](O)[C@H]2CC3=C4C[C@@H](O)O[C@@H](c5ccoc5)[C@]4(C)CC[C@@H]3[C@@]1(C)C2=O. The van der Waals surface area contributed by atoms with Gasteiger partial charge in [-0.05, 0) is 42.6 Å². The second kappa shape index (κ2) is 7.77. The monoisotopic (exact) mass is 472 g/mol. The van der Waals surface area contributed by atoms with E-state index in [1.54, 1.807) is 12.5 Å². The number of rotatable bonds is 3. The quantitative estimate of drug-likeness (QED) is 0.507. The first kappa shape index (κ1) is 23.8. The average molecular weight is 473 g/mol. The molecule has 5 rings (SSSR count). The number of esters is 1. The van der Waals surface area contributed by atoms with Gasteiger partial charge in [0, 0.05) is 35.2 Å². The molecule has 4 aliphatic rings. The van der Waals surface area contributed by atoms with Crippen LogP contribution >= 0.6 is 0 Å². The molecule has 0 spiro atoms. The molecule has 2 saturated carbocycles. The Kier molecular flexibility index (Phi) is 5.43. The van der Waals surface area contributed by atoms with Crippen LogP contribution < -0.4 is 0 Å². The average Bonchev–Trinajstić information content (AvgIpc) is 3.32. The number of ether oxygens (including phenoxy) is 2. The van der Waals surface area contributed by atoms with Gasteiger partial charge in [-0.25, -0.2) is 0 Å². The minimum absolute atomic E-state index is 0.0453. The molecule has 1 aliphatic heterocycles. The Morgan fingerprint density at radius 1 is 1.21 bits per heavy atom. The highest BCUT2D eigenvalue weighted by molar-refractivity contribution is 5.92. The Bertz CT molecular complexity index is 1020. The molecule has 0 radical (unpaired) electrons. The van der Waals surface area contributed by atoms with Crippen molar-refractivity contribution in [1.29, 1.82) is 0 Å². The van der Waals surface area contributed by atoms with E-state index >= 15 is 0 Å². The van der Waals surface area contributed by atoms with Gasteiger partial charge in [0.05, 0.1) is 31.8 Å². The Balaban J connectivity index is 1.66. The van der Waals surface area contributed by atoms with Crippen LogP contribution in [0.1, 0.15) is 71.5 Å². The molecule has 7 heteroatoms. The zero-order chi connectivity index (χ0) is 24.6. The highest BCUT2D eigenvalue weighted by atomic mass is 16.6. The molecule has 2 heterocycles. The summed E-state index contributed by atoms with van der Waals surface area (Å²) in [5, 5.41) is 22.1. The van der Waals surface area contributed by atoms with E-state index in [1.165, 1.54) is 12.7 Å². The molecule has 1 aromatic rings. The van der Waals surface area contributed by atoms with Crippen molar-refractivity contribution in [3.63, 3.8) is 0 Å². The van der Waals surface area contributed by atoms with Crippen LogP contribution in [0.5, 0.6) is 0 Å². The van der Waals surface area contributed by atoms with Crippen molar-refractivity contribution in [2.24, 2.45) is 34.0 Å². The number of fused-ring (bicyclic) bond motifs is 5. The molecule has 7 nitrogen and oxygen atoms in total. The summed E-state index contributed by atoms with van der Waals surface area (Å²) in [5.41, 5.74) is 1.44. The number of carbonyl (C=O) groups excluding carboxylic acids is 2. The van der Waals surface area contributed by atoms with Crippen molar-refractivity contribution >= 4 is 11.8 Å². The fraction of sp³-hybridized carbons (Fsp3) is 0.704. The maximum atomic E-state index is 13.9. The number of ketones is 1. The first-order chi connectivity index (χ1) is 16.0. The predicted octanol–water partition coefficient (Wildman–Crippen LogP) is 3.95. The summed E-state index contributed by atoms with van der Waals surface area (Å²) in [6.45, 7) is 8.12. The normalized spacial score (nSPS) is 43.2. The smallest absolute Gasteiger partial charge is 0.305 e. The molecule has 3 aliphatic carbocycles. The van der Waals surface area contributed by atoms with Crippen molar-refractivity contribution in [2.45, 2.75) is 78.3 Å². The summed E-state index contributed by atoms with van der Waals surface area (Å²) in [6.07, 6.45) is 3.66. The summed E-state index contributed by atoms with van der Waals surface area (Å²) >= 11 is 0. The van der Waals surface area contributed by atoms with E-state index in [0.717, 1.165) is 24.0 Å². The lowest BCUT2D eigenvalue weighted by Gasteiger charge is -2.63. The molecule has 34 heavy (non-hydrogen) atoms. The Morgan fingerprint density at radius 3 is 2.59 bits per heavy atom. The van der Waals surface area contributed by atoms with Crippen LogP contribution in [0.3, 0.4) is 0 Å². The fourth-order valence-corrected chi connectivity index (χ4v) is 8.12. The van der Waals surface area contributed by atoms with Gasteiger partial charge in [-0.15, -0.1) is 0 Å². The van der Waals surface area contributed by atoms with Crippen LogP contribution in [0.15, 0.2) is 34.2 Å². The van der Waals surface area contributed by atoms with Gasteiger partial charge < -0.3 is 24.1 Å². The van der Waals surface area contributed by atoms with Crippen LogP contribution in [-0.2, 0) is 19.1 Å². The van der Waals surface area contributed by atoms with Gasteiger partial charge in [0.1, 0.15) is 5.78 Å². The first-order valence-corrected chi connectivity index (χ1v) is 12.3. The van der Waals surface area contributed by atoms with Gasteiger partial charge in [-0.2, -0.15) is 0 Å². The molecule has 0 unspecified atom stereocenters. The lowest BCUT2D eigenvalue weighted by atomic mass is 9.40. The molecule has 2 bridgehead atoms.